The van der Waals surface area contributed by atoms with Gasteiger partial charge in [-0.1, -0.05) is 0 Å². The van der Waals surface area contributed by atoms with Crippen LogP contribution in [0.2, 0.25) is 0 Å². The molecule has 1 unspecified atom stereocenters. The summed E-state index contributed by atoms with van der Waals surface area (Å²) in [7, 11) is 0. The number of amides is 1. The molecule has 4 N–H and O–H groups in total. The van der Waals surface area contributed by atoms with Crippen molar-refractivity contribution in [1.29, 1.82) is 0 Å². The molecule has 0 spiro atoms. The number of nitrogens with one attached hydrogen (secondary N) is 1. The van der Waals surface area contributed by atoms with E-state index in [1.807, 2.05) is 0 Å². The molecule has 0 aliphatic heterocycles. The average Bonchev–Trinajstić information content (AvgIpc) is 1.85. The Hall–Kier alpha value is -0.820. The molecule has 0 aliphatic rings. The summed E-state index contributed by atoms with van der Waals surface area (Å²) in [5.74, 6) is -1.01. The Morgan fingerprint density at radius 2 is 2.08 bits per heavy atom. The molecule has 0 bridgehead atoms. The van der Waals surface area contributed by atoms with Crippen molar-refractivity contribution in [3.05, 3.63) is 0 Å². The standard InChI is InChI=1S/C5H9F3N2O2/c6-5(7,8)2-10-3(1-11)4(9)12/h3,10-11H,1-2H2,(H2,9,12). The van der Waals surface area contributed by atoms with E-state index in [4.69, 9.17) is 5.11 Å². The molecule has 1 atom stereocenters. The summed E-state index contributed by atoms with van der Waals surface area (Å²) < 4.78 is 34.6. The van der Waals surface area contributed by atoms with Gasteiger partial charge in [0.15, 0.2) is 0 Å². The van der Waals surface area contributed by atoms with E-state index in [9.17, 15) is 18.0 Å². The van der Waals surface area contributed by atoms with E-state index >= 15 is 0 Å². The first-order valence-corrected chi connectivity index (χ1v) is 3.07. The monoisotopic (exact) mass is 186 g/mol. The maximum atomic E-state index is 11.5. The first-order valence-electron chi connectivity index (χ1n) is 3.07. The van der Waals surface area contributed by atoms with Gasteiger partial charge in [0.05, 0.1) is 13.2 Å². The van der Waals surface area contributed by atoms with Gasteiger partial charge in [0, 0.05) is 0 Å². The van der Waals surface area contributed by atoms with Crippen molar-refractivity contribution >= 4 is 5.91 Å². The third-order valence-electron chi connectivity index (χ3n) is 1.07. The lowest BCUT2D eigenvalue weighted by Gasteiger charge is -2.13. The van der Waals surface area contributed by atoms with Crippen molar-refractivity contribution in [3.8, 4) is 0 Å². The van der Waals surface area contributed by atoms with Crippen LogP contribution in [0.15, 0.2) is 0 Å². The molecule has 0 aliphatic carbocycles. The first kappa shape index (κ1) is 11.2. The number of alkyl halides is 3. The first-order chi connectivity index (χ1) is 5.37. The van der Waals surface area contributed by atoms with Crippen LogP contribution >= 0.6 is 0 Å². The van der Waals surface area contributed by atoms with Crippen molar-refractivity contribution in [2.45, 2.75) is 12.2 Å². The second kappa shape index (κ2) is 4.27. The number of hydrogen-bond donors (Lipinski definition) is 3. The molecular formula is C5H9F3N2O2. The molecule has 7 heteroatoms. The zero-order valence-electron chi connectivity index (χ0n) is 6.06. The predicted molar refractivity (Wildman–Crippen MR) is 34.1 cm³/mol. The molecule has 0 saturated carbocycles. The fourth-order valence-corrected chi connectivity index (χ4v) is 0.494. The normalized spacial score (nSPS) is 14.3. The Kier molecular flexibility index (Phi) is 3.98. The lowest BCUT2D eigenvalue weighted by Crippen LogP contribution is -2.47. The molecule has 12 heavy (non-hydrogen) atoms. The molecule has 0 aromatic rings. The van der Waals surface area contributed by atoms with Crippen LogP contribution in [0.25, 0.3) is 0 Å². The van der Waals surface area contributed by atoms with E-state index in [1.165, 1.54) is 0 Å². The van der Waals surface area contributed by atoms with Gasteiger partial charge in [0.25, 0.3) is 0 Å². The van der Waals surface area contributed by atoms with Crippen molar-refractivity contribution in [2.24, 2.45) is 5.73 Å². The van der Waals surface area contributed by atoms with Gasteiger partial charge in [-0.3, -0.25) is 10.1 Å². The molecule has 0 aromatic carbocycles. The lowest BCUT2D eigenvalue weighted by molar-refractivity contribution is -0.131. The van der Waals surface area contributed by atoms with Crippen LogP contribution in [0, 0.1) is 0 Å². The quantitative estimate of drug-likeness (QED) is 0.526. The smallest absolute Gasteiger partial charge is 0.394 e. The molecule has 1 amide bonds. The summed E-state index contributed by atoms with van der Waals surface area (Å²) in [6.07, 6.45) is -4.41. The highest BCUT2D eigenvalue weighted by Gasteiger charge is 2.29. The van der Waals surface area contributed by atoms with Crippen LogP contribution in [0.4, 0.5) is 13.2 Å². The van der Waals surface area contributed by atoms with Gasteiger partial charge >= 0.3 is 6.18 Å². The van der Waals surface area contributed by atoms with Gasteiger partial charge in [-0.25, -0.2) is 0 Å². The van der Waals surface area contributed by atoms with Crippen LogP contribution in [-0.4, -0.2) is 36.4 Å². The topological polar surface area (TPSA) is 75.4 Å². The maximum absolute atomic E-state index is 11.5. The fraction of sp³-hybridized carbons (Fsp3) is 0.800. The van der Waals surface area contributed by atoms with Crippen molar-refractivity contribution in [2.75, 3.05) is 13.2 Å². The summed E-state index contributed by atoms with van der Waals surface area (Å²) in [6.45, 7) is -2.09. The fourth-order valence-electron chi connectivity index (χ4n) is 0.494. The maximum Gasteiger partial charge on any atom is 0.401 e. The number of primary amides is 1. The summed E-state index contributed by atoms with van der Waals surface area (Å²) in [4.78, 5) is 10.3. The number of rotatable bonds is 4. The zero-order valence-corrected chi connectivity index (χ0v) is 6.06. The highest BCUT2D eigenvalue weighted by molar-refractivity contribution is 5.79. The van der Waals surface area contributed by atoms with Crippen LogP contribution in [-0.2, 0) is 4.79 Å². The molecule has 0 aromatic heterocycles. The van der Waals surface area contributed by atoms with Gasteiger partial charge in [-0.2, -0.15) is 13.2 Å². The van der Waals surface area contributed by atoms with E-state index in [2.05, 4.69) is 5.73 Å². The Balaban J connectivity index is 3.81. The molecule has 0 heterocycles. The third kappa shape index (κ3) is 4.91. The van der Waals surface area contributed by atoms with Crippen LogP contribution < -0.4 is 11.1 Å². The number of nitrogens with two attached hydrogens (primary N) is 1. The highest BCUT2D eigenvalue weighted by Crippen LogP contribution is 2.12. The lowest BCUT2D eigenvalue weighted by atomic mass is 10.3. The van der Waals surface area contributed by atoms with Gasteiger partial charge in [0.2, 0.25) is 5.91 Å². The Labute approximate surface area is 66.5 Å². The minimum absolute atomic E-state index is 0.745. The van der Waals surface area contributed by atoms with E-state index in [0.717, 1.165) is 0 Å². The largest absolute Gasteiger partial charge is 0.401 e. The van der Waals surface area contributed by atoms with Crippen LogP contribution in [0.1, 0.15) is 0 Å². The summed E-state index contributed by atoms with van der Waals surface area (Å²) >= 11 is 0. The van der Waals surface area contributed by atoms with Gasteiger partial charge in [-0.05, 0) is 0 Å². The minimum Gasteiger partial charge on any atom is -0.394 e. The van der Waals surface area contributed by atoms with Crippen LogP contribution in [0.5, 0.6) is 0 Å². The second-order valence-corrected chi connectivity index (χ2v) is 2.13. The predicted octanol–water partition coefficient (Wildman–Crippen LogP) is -1.02. The Morgan fingerprint density at radius 1 is 1.58 bits per heavy atom. The van der Waals surface area contributed by atoms with E-state index in [0.29, 0.717) is 0 Å². The average molecular weight is 186 g/mol. The van der Waals surface area contributed by atoms with Crippen molar-refractivity contribution < 1.29 is 23.1 Å². The zero-order chi connectivity index (χ0) is 9.78. The number of carbonyl (C=O) groups excluding carboxylic acids is 1. The summed E-state index contributed by atoms with van der Waals surface area (Å²) in [5, 5.41) is 10.1. The molecule has 0 rings (SSSR count). The number of halogens is 3. The molecule has 0 radical (unpaired) electrons. The SMILES string of the molecule is NC(=O)C(CO)NCC(F)(F)F. The van der Waals surface area contributed by atoms with Crippen LogP contribution in [0.3, 0.4) is 0 Å². The third-order valence-corrected chi connectivity index (χ3v) is 1.07. The number of carbonyl (C=O) groups is 1. The van der Waals surface area contributed by atoms with Gasteiger partial charge < -0.3 is 10.8 Å². The second-order valence-electron chi connectivity index (χ2n) is 2.13. The minimum atomic E-state index is -4.41. The van der Waals surface area contributed by atoms with E-state index < -0.39 is 31.3 Å². The number of hydrogen-bond acceptors (Lipinski definition) is 3. The summed E-state index contributed by atoms with van der Waals surface area (Å²) in [6, 6.07) is -1.34. The van der Waals surface area contributed by atoms with E-state index in [1.54, 1.807) is 5.32 Å². The molecule has 0 saturated heterocycles. The Morgan fingerprint density at radius 3 is 2.33 bits per heavy atom. The van der Waals surface area contributed by atoms with Crippen molar-refractivity contribution in [3.63, 3.8) is 0 Å². The molecular weight excluding hydrogens is 177 g/mol. The number of aliphatic hydroxyl groups is 1. The Bertz CT molecular complexity index is 159. The molecule has 72 valence electrons. The van der Waals surface area contributed by atoms with E-state index in [-0.39, 0.29) is 0 Å². The molecule has 4 nitrogen and oxygen atoms in total. The number of aliphatic hydroxyl groups excluding tert-OH is 1. The van der Waals surface area contributed by atoms with Gasteiger partial charge in [-0.15, -0.1) is 0 Å². The van der Waals surface area contributed by atoms with Gasteiger partial charge in [0.1, 0.15) is 6.04 Å². The highest BCUT2D eigenvalue weighted by atomic mass is 19.4. The summed E-state index contributed by atoms with van der Waals surface area (Å²) in [5.41, 5.74) is 4.65. The molecule has 0 fully saturated rings. The van der Waals surface area contributed by atoms with Crippen molar-refractivity contribution in [1.82, 2.24) is 5.32 Å².